The smallest absolute Gasteiger partial charge is 0.306 e. The molecule has 0 saturated heterocycles. The lowest BCUT2D eigenvalue weighted by molar-refractivity contribution is -0.141. The second kappa shape index (κ2) is 3.34. The zero-order valence-corrected chi connectivity index (χ0v) is 7.06. The average molecular weight is 169 g/mol. The average Bonchev–Trinajstić information content (AvgIpc) is 2.36. The van der Waals surface area contributed by atoms with E-state index in [0.29, 0.717) is 12.2 Å². The first kappa shape index (κ1) is 8.70. The fraction of sp³-hybridized carbons (Fsp3) is 0.571. The molecule has 1 unspecified atom stereocenters. The first-order valence-corrected chi connectivity index (χ1v) is 3.67. The van der Waals surface area contributed by atoms with Crippen LogP contribution in [0.1, 0.15) is 12.7 Å². The monoisotopic (exact) mass is 169 g/mol. The summed E-state index contributed by atoms with van der Waals surface area (Å²) in [7, 11) is 1.75. The van der Waals surface area contributed by atoms with Crippen molar-refractivity contribution in [1.29, 1.82) is 0 Å². The molecule has 0 aliphatic rings. The Kier molecular flexibility index (Phi) is 2.42. The number of aromatic nitrogens is 3. The zero-order chi connectivity index (χ0) is 9.14. The molecule has 1 heterocycles. The predicted octanol–water partition coefficient (Wildman–Crippen LogP) is 0.0783. The molecule has 0 aliphatic carbocycles. The molecule has 0 amide bonds. The SMILES string of the molecule is CC(Cc1ncnn1C)C(=O)O. The van der Waals surface area contributed by atoms with E-state index in [0.717, 1.165) is 0 Å². The van der Waals surface area contributed by atoms with Crippen molar-refractivity contribution in [2.24, 2.45) is 13.0 Å². The van der Waals surface area contributed by atoms with E-state index >= 15 is 0 Å². The molecule has 1 N–H and O–H groups in total. The Morgan fingerprint density at radius 2 is 2.50 bits per heavy atom. The normalized spacial score (nSPS) is 12.8. The summed E-state index contributed by atoms with van der Waals surface area (Å²) in [5, 5.41) is 12.5. The lowest BCUT2D eigenvalue weighted by atomic mass is 10.1. The maximum atomic E-state index is 10.5. The van der Waals surface area contributed by atoms with Crippen LogP contribution in [0.3, 0.4) is 0 Å². The number of aliphatic carboxylic acids is 1. The van der Waals surface area contributed by atoms with Crippen molar-refractivity contribution >= 4 is 5.97 Å². The van der Waals surface area contributed by atoms with Gasteiger partial charge in [-0.3, -0.25) is 9.48 Å². The van der Waals surface area contributed by atoms with Crippen LogP contribution in [0.25, 0.3) is 0 Å². The minimum absolute atomic E-state index is 0.409. The van der Waals surface area contributed by atoms with Gasteiger partial charge in [-0.2, -0.15) is 5.10 Å². The first-order valence-electron chi connectivity index (χ1n) is 3.67. The lowest BCUT2D eigenvalue weighted by Crippen LogP contribution is -2.15. The number of hydrogen-bond acceptors (Lipinski definition) is 3. The molecule has 5 heteroatoms. The largest absolute Gasteiger partial charge is 0.481 e. The number of carbonyl (C=O) groups is 1. The third kappa shape index (κ3) is 1.81. The number of carboxylic acid groups (broad SMARTS) is 1. The van der Waals surface area contributed by atoms with Crippen LogP contribution in [-0.2, 0) is 18.3 Å². The molecule has 0 spiro atoms. The summed E-state index contributed by atoms with van der Waals surface area (Å²) in [6, 6.07) is 0. The highest BCUT2D eigenvalue weighted by Crippen LogP contribution is 2.03. The van der Waals surface area contributed by atoms with E-state index in [1.54, 1.807) is 18.7 Å². The van der Waals surface area contributed by atoms with Gasteiger partial charge < -0.3 is 5.11 Å². The third-order valence-electron chi connectivity index (χ3n) is 1.72. The fourth-order valence-electron chi connectivity index (χ4n) is 0.866. The summed E-state index contributed by atoms with van der Waals surface area (Å²) < 4.78 is 1.58. The van der Waals surface area contributed by atoms with Crippen molar-refractivity contribution in [3.8, 4) is 0 Å². The van der Waals surface area contributed by atoms with E-state index in [-0.39, 0.29) is 0 Å². The van der Waals surface area contributed by atoms with Crippen molar-refractivity contribution in [1.82, 2.24) is 14.8 Å². The third-order valence-corrected chi connectivity index (χ3v) is 1.72. The Balaban J connectivity index is 2.64. The van der Waals surface area contributed by atoms with Gasteiger partial charge in [0.25, 0.3) is 0 Å². The summed E-state index contributed by atoms with van der Waals surface area (Å²) in [4.78, 5) is 14.4. The van der Waals surface area contributed by atoms with Crippen LogP contribution in [0.15, 0.2) is 6.33 Å². The molecule has 0 radical (unpaired) electrons. The maximum absolute atomic E-state index is 10.5. The topological polar surface area (TPSA) is 68.0 Å². The van der Waals surface area contributed by atoms with Gasteiger partial charge in [-0.1, -0.05) is 6.92 Å². The van der Waals surface area contributed by atoms with Crippen molar-refractivity contribution in [3.05, 3.63) is 12.2 Å². The molecule has 1 rings (SSSR count). The Bertz CT molecular complexity index is 282. The van der Waals surface area contributed by atoms with Crippen molar-refractivity contribution in [2.75, 3.05) is 0 Å². The fourth-order valence-corrected chi connectivity index (χ4v) is 0.866. The molecule has 66 valence electrons. The predicted molar refractivity (Wildman–Crippen MR) is 41.5 cm³/mol. The lowest BCUT2D eigenvalue weighted by Gasteiger charge is -2.03. The van der Waals surface area contributed by atoms with Crippen LogP contribution < -0.4 is 0 Å². The summed E-state index contributed by atoms with van der Waals surface area (Å²) in [5.41, 5.74) is 0. The van der Waals surface area contributed by atoms with Gasteiger partial charge in [0, 0.05) is 13.5 Å². The minimum atomic E-state index is -0.807. The Labute approximate surface area is 70.0 Å². The van der Waals surface area contributed by atoms with Gasteiger partial charge >= 0.3 is 5.97 Å². The minimum Gasteiger partial charge on any atom is -0.481 e. The molecule has 1 aromatic heterocycles. The van der Waals surface area contributed by atoms with Gasteiger partial charge in [0.05, 0.1) is 5.92 Å². The van der Waals surface area contributed by atoms with Crippen LogP contribution in [0.4, 0.5) is 0 Å². The molecule has 0 aromatic carbocycles. The van der Waals surface area contributed by atoms with Crippen molar-refractivity contribution < 1.29 is 9.90 Å². The Morgan fingerprint density at radius 3 is 2.92 bits per heavy atom. The van der Waals surface area contributed by atoms with E-state index in [2.05, 4.69) is 10.1 Å². The summed E-state index contributed by atoms with van der Waals surface area (Å²) in [5.74, 6) is -0.518. The van der Waals surface area contributed by atoms with Crippen LogP contribution in [0.2, 0.25) is 0 Å². The van der Waals surface area contributed by atoms with E-state index in [1.165, 1.54) is 6.33 Å². The van der Waals surface area contributed by atoms with Gasteiger partial charge in [-0.15, -0.1) is 0 Å². The molecule has 0 bridgehead atoms. The van der Waals surface area contributed by atoms with Crippen molar-refractivity contribution in [3.63, 3.8) is 0 Å². The van der Waals surface area contributed by atoms with Gasteiger partial charge in [0.15, 0.2) is 0 Å². The molecular weight excluding hydrogens is 158 g/mol. The van der Waals surface area contributed by atoms with E-state index in [9.17, 15) is 4.79 Å². The van der Waals surface area contributed by atoms with Gasteiger partial charge in [0.2, 0.25) is 0 Å². The molecule has 5 nitrogen and oxygen atoms in total. The summed E-state index contributed by atoms with van der Waals surface area (Å²) in [6.45, 7) is 1.65. The number of rotatable bonds is 3. The summed E-state index contributed by atoms with van der Waals surface area (Å²) >= 11 is 0. The number of nitrogens with zero attached hydrogens (tertiary/aromatic N) is 3. The van der Waals surface area contributed by atoms with Crippen LogP contribution in [0.5, 0.6) is 0 Å². The Hall–Kier alpha value is -1.39. The molecule has 0 saturated carbocycles. The van der Waals surface area contributed by atoms with E-state index in [4.69, 9.17) is 5.11 Å². The Morgan fingerprint density at radius 1 is 1.83 bits per heavy atom. The molecule has 12 heavy (non-hydrogen) atoms. The number of carboxylic acids is 1. The van der Waals surface area contributed by atoms with Crippen LogP contribution >= 0.6 is 0 Å². The number of aryl methyl sites for hydroxylation is 1. The second-order valence-corrected chi connectivity index (χ2v) is 2.74. The van der Waals surface area contributed by atoms with Crippen molar-refractivity contribution in [2.45, 2.75) is 13.3 Å². The quantitative estimate of drug-likeness (QED) is 0.695. The highest BCUT2D eigenvalue weighted by Gasteiger charge is 2.14. The van der Waals surface area contributed by atoms with Gasteiger partial charge in [0.1, 0.15) is 12.2 Å². The number of hydrogen-bond donors (Lipinski definition) is 1. The highest BCUT2D eigenvalue weighted by molar-refractivity contribution is 5.69. The van der Waals surface area contributed by atoms with E-state index in [1.807, 2.05) is 0 Å². The highest BCUT2D eigenvalue weighted by atomic mass is 16.4. The standard InChI is InChI=1S/C7H11N3O2/c1-5(7(11)12)3-6-8-4-9-10(6)2/h4-5H,3H2,1-2H3,(H,11,12). The molecule has 0 aliphatic heterocycles. The van der Waals surface area contributed by atoms with Gasteiger partial charge in [-0.05, 0) is 0 Å². The molecule has 1 aromatic rings. The van der Waals surface area contributed by atoms with Crippen LogP contribution in [0, 0.1) is 5.92 Å². The van der Waals surface area contributed by atoms with E-state index < -0.39 is 11.9 Å². The molecule has 1 atom stereocenters. The second-order valence-electron chi connectivity index (χ2n) is 2.74. The first-order chi connectivity index (χ1) is 5.61. The van der Waals surface area contributed by atoms with Crippen LogP contribution in [-0.4, -0.2) is 25.8 Å². The molecular formula is C7H11N3O2. The van der Waals surface area contributed by atoms with Gasteiger partial charge in [-0.25, -0.2) is 4.98 Å². The zero-order valence-electron chi connectivity index (χ0n) is 7.06. The molecule has 0 fully saturated rings. The summed E-state index contributed by atoms with van der Waals surface area (Å²) in [6.07, 6.45) is 1.84. The maximum Gasteiger partial charge on any atom is 0.306 e.